The molecule has 5 rings (SSSR count). The van der Waals surface area contributed by atoms with Gasteiger partial charge in [-0.1, -0.05) is 51.0 Å². The minimum absolute atomic E-state index is 0.0106. The van der Waals surface area contributed by atoms with E-state index in [2.05, 4.69) is 51.2 Å². The quantitative estimate of drug-likeness (QED) is 0.130. The van der Waals surface area contributed by atoms with Crippen LogP contribution in [-0.2, 0) is 9.59 Å². The molecule has 38 heavy (non-hydrogen) atoms. The zero-order valence-corrected chi connectivity index (χ0v) is 24.1. The summed E-state index contributed by atoms with van der Waals surface area (Å²) in [6.07, 6.45) is 13.3. The molecule has 0 saturated heterocycles. The second-order valence-electron chi connectivity index (χ2n) is 14.9. The first-order chi connectivity index (χ1) is 17.8. The molecule has 4 unspecified atom stereocenters. The number of Topliss-reactive ketones (excluding diaryl/α,β-unsaturated/α-hetero) is 1. The number of rotatable bonds is 5. The highest BCUT2D eigenvalue weighted by Crippen LogP contribution is 2.77. The van der Waals surface area contributed by atoms with Crippen molar-refractivity contribution in [1.29, 1.82) is 0 Å². The Morgan fingerprint density at radius 1 is 1.08 bits per heavy atom. The van der Waals surface area contributed by atoms with Crippen LogP contribution in [0.3, 0.4) is 0 Å². The van der Waals surface area contributed by atoms with Gasteiger partial charge in [-0.05, 0) is 121 Å². The lowest BCUT2D eigenvalue weighted by Gasteiger charge is -2.73. The van der Waals surface area contributed by atoms with Crippen LogP contribution in [0.15, 0.2) is 29.4 Å². The van der Waals surface area contributed by atoms with Crippen molar-refractivity contribution in [2.24, 2.45) is 61.8 Å². The summed E-state index contributed by atoms with van der Waals surface area (Å²) in [5.41, 5.74) is 10.3. The molecule has 0 aromatic rings. The summed E-state index contributed by atoms with van der Waals surface area (Å²) in [5, 5.41) is 13.9. The van der Waals surface area contributed by atoms with Crippen LogP contribution < -0.4 is 0 Å². The Kier molecular flexibility index (Phi) is 6.50. The third-order valence-corrected chi connectivity index (χ3v) is 13.5. The minimum atomic E-state index is -0.876. The van der Waals surface area contributed by atoms with E-state index in [0.717, 1.165) is 57.8 Å². The molecule has 0 amide bonds. The van der Waals surface area contributed by atoms with E-state index < -0.39 is 5.97 Å². The maximum Gasteiger partial charge on any atom is 0.327 e. The van der Waals surface area contributed by atoms with Gasteiger partial charge in [0.2, 0.25) is 0 Å². The number of allylic oxidation sites excluding steroid dienone is 2. The van der Waals surface area contributed by atoms with E-state index in [0.29, 0.717) is 48.3 Å². The van der Waals surface area contributed by atoms with E-state index in [1.165, 1.54) is 11.6 Å². The van der Waals surface area contributed by atoms with Gasteiger partial charge in [-0.25, -0.2) is 4.79 Å². The highest BCUT2D eigenvalue weighted by Gasteiger charge is 2.71. The Morgan fingerprint density at radius 3 is 2.47 bits per heavy atom. The van der Waals surface area contributed by atoms with Gasteiger partial charge in [-0.2, -0.15) is 0 Å². The molecule has 0 aliphatic heterocycles. The molecule has 5 aliphatic carbocycles. The van der Waals surface area contributed by atoms with Gasteiger partial charge in [0.15, 0.2) is 0 Å². The molecule has 5 aliphatic rings. The monoisotopic (exact) mass is 521 g/mol. The standard InChI is InChI=1S/C32H47N3O3/c1-20(2)21-9-15-31(16-12-26(37)38)17-18-32(19-34-35-33)22(27(21)31)7-8-24-29(5)13-11-25(36)28(3,4)23(29)10-14-30(24,32)6/h12,16,21-24,27H,1,7-11,13-15,17-19H2,2-6H3,(H,37,38)/b16-12+/t21-,22?,23?,24?,27?,29-,30+,31-,32-/m0/s1. The Morgan fingerprint density at radius 2 is 1.82 bits per heavy atom. The van der Waals surface area contributed by atoms with E-state index in [9.17, 15) is 20.2 Å². The van der Waals surface area contributed by atoms with Crippen LogP contribution in [0, 0.1) is 56.7 Å². The molecule has 5 fully saturated rings. The molecule has 0 radical (unpaired) electrons. The number of carbonyl (C=O) groups is 2. The van der Waals surface area contributed by atoms with Gasteiger partial charge < -0.3 is 5.11 Å². The van der Waals surface area contributed by atoms with Gasteiger partial charge >= 0.3 is 5.97 Å². The number of fused-ring (bicyclic) bond motifs is 7. The van der Waals surface area contributed by atoms with Crippen molar-refractivity contribution in [3.63, 3.8) is 0 Å². The van der Waals surface area contributed by atoms with Crippen molar-refractivity contribution in [1.82, 2.24) is 0 Å². The Bertz CT molecular complexity index is 1120. The van der Waals surface area contributed by atoms with E-state index in [1.54, 1.807) is 0 Å². The second-order valence-corrected chi connectivity index (χ2v) is 14.9. The van der Waals surface area contributed by atoms with Gasteiger partial charge in [-0.15, -0.1) is 0 Å². The number of hydrogen-bond acceptors (Lipinski definition) is 3. The Labute approximate surface area is 228 Å². The Hall–Kier alpha value is -2.07. The van der Waals surface area contributed by atoms with E-state index in [4.69, 9.17) is 0 Å². The summed E-state index contributed by atoms with van der Waals surface area (Å²) in [7, 11) is 0. The lowest BCUT2D eigenvalue weighted by Crippen LogP contribution is -2.67. The maximum atomic E-state index is 13.0. The van der Waals surface area contributed by atoms with Crippen LogP contribution >= 0.6 is 0 Å². The number of carboxylic acids is 1. The summed E-state index contributed by atoms with van der Waals surface area (Å²) in [4.78, 5) is 28.0. The molecule has 0 bridgehead atoms. The molecular formula is C32H47N3O3. The number of carbonyl (C=O) groups excluding carboxylic acids is 1. The van der Waals surface area contributed by atoms with Gasteiger partial charge in [0.25, 0.3) is 0 Å². The predicted molar refractivity (Wildman–Crippen MR) is 149 cm³/mol. The highest BCUT2D eigenvalue weighted by atomic mass is 16.4. The minimum Gasteiger partial charge on any atom is -0.478 e. The average Bonchev–Trinajstić information content (AvgIpc) is 3.24. The summed E-state index contributed by atoms with van der Waals surface area (Å²) >= 11 is 0. The average molecular weight is 522 g/mol. The first-order valence-electron chi connectivity index (χ1n) is 14.9. The fraction of sp³-hybridized carbons (Fsp3) is 0.812. The van der Waals surface area contributed by atoms with Crippen LogP contribution in [0.2, 0.25) is 0 Å². The van der Waals surface area contributed by atoms with Crippen LogP contribution in [0.5, 0.6) is 0 Å². The lowest BCUT2D eigenvalue weighted by molar-refractivity contribution is -0.233. The maximum absolute atomic E-state index is 13.0. The lowest BCUT2D eigenvalue weighted by atomic mass is 9.32. The third-order valence-electron chi connectivity index (χ3n) is 13.5. The molecule has 0 heterocycles. The predicted octanol–water partition coefficient (Wildman–Crippen LogP) is 8.14. The topological polar surface area (TPSA) is 103 Å². The van der Waals surface area contributed by atoms with Gasteiger partial charge in [0, 0.05) is 29.4 Å². The molecule has 0 spiro atoms. The molecule has 1 N–H and O–H groups in total. The largest absolute Gasteiger partial charge is 0.478 e. The van der Waals surface area contributed by atoms with E-state index in [1.807, 2.05) is 6.08 Å². The summed E-state index contributed by atoms with van der Waals surface area (Å²) in [6.45, 7) is 16.4. The first kappa shape index (κ1) is 27.5. The van der Waals surface area contributed by atoms with Crippen molar-refractivity contribution in [2.45, 2.75) is 98.8 Å². The molecule has 9 atom stereocenters. The fourth-order valence-electron chi connectivity index (χ4n) is 11.8. The van der Waals surface area contributed by atoms with Crippen molar-refractivity contribution in [3.8, 4) is 0 Å². The van der Waals surface area contributed by atoms with E-state index in [-0.39, 0.29) is 27.1 Å². The van der Waals surface area contributed by atoms with Crippen molar-refractivity contribution >= 4 is 11.8 Å². The first-order valence-corrected chi connectivity index (χ1v) is 14.9. The van der Waals surface area contributed by atoms with Crippen molar-refractivity contribution in [2.75, 3.05) is 6.54 Å². The summed E-state index contributed by atoms with van der Waals surface area (Å²) in [5.74, 6) is 1.47. The number of hydrogen-bond donors (Lipinski definition) is 1. The van der Waals surface area contributed by atoms with Crippen LogP contribution in [-0.4, -0.2) is 23.4 Å². The third kappa shape index (κ3) is 3.54. The summed E-state index contributed by atoms with van der Waals surface area (Å²) < 4.78 is 0. The second kappa shape index (κ2) is 8.98. The number of azide groups is 1. The zero-order valence-electron chi connectivity index (χ0n) is 24.1. The smallest absolute Gasteiger partial charge is 0.327 e. The molecule has 5 saturated carbocycles. The van der Waals surface area contributed by atoms with Crippen LogP contribution in [0.1, 0.15) is 98.8 Å². The molecule has 0 aromatic heterocycles. The van der Waals surface area contributed by atoms with Gasteiger partial charge in [0.1, 0.15) is 5.78 Å². The number of nitrogens with zero attached hydrogens (tertiary/aromatic N) is 3. The molecule has 6 heteroatoms. The van der Waals surface area contributed by atoms with Crippen LogP contribution in [0.4, 0.5) is 0 Å². The number of carboxylic acid groups (broad SMARTS) is 1. The summed E-state index contributed by atoms with van der Waals surface area (Å²) in [6, 6.07) is 0. The van der Waals surface area contributed by atoms with Crippen molar-refractivity contribution < 1.29 is 14.7 Å². The van der Waals surface area contributed by atoms with Gasteiger partial charge in [0.05, 0.1) is 0 Å². The molecule has 0 aromatic carbocycles. The van der Waals surface area contributed by atoms with Gasteiger partial charge in [-0.3, -0.25) is 4.79 Å². The van der Waals surface area contributed by atoms with Crippen LogP contribution in [0.25, 0.3) is 10.4 Å². The Balaban J connectivity index is 1.63. The number of ketones is 1. The molecule has 6 nitrogen and oxygen atoms in total. The normalized spacial score (nSPS) is 47.3. The fourth-order valence-corrected chi connectivity index (χ4v) is 11.8. The zero-order chi connectivity index (χ0) is 27.7. The molecule has 208 valence electrons. The molecular weight excluding hydrogens is 474 g/mol. The highest BCUT2D eigenvalue weighted by molar-refractivity contribution is 5.85. The van der Waals surface area contributed by atoms with E-state index >= 15 is 0 Å². The SMILES string of the molecule is C=C(C)[C@@H]1CC[C@]2(/C=C/C(=O)O)CC[C@]3(CN=[N+]=[N-])C(CCC4[C@@]5(C)CCC(=O)C(C)(C)C5CC[C@]43C)C12. The van der Waals surface area contributed by atoms with Crippen molar-refractivity contribution in [3.05, 3.63) is 34.7 Å². The number of aliphatic carboxylic acids is 1.